The fourth-order valence-electron chi connectivity index (χ4n) is 4.20. The fourth-order valence-corrected chi connectivity index (χ4v) is 4.20. The molecule has 1 aliphatic rings. The minimum absolute atomic E-state index is 0.0392. The van der Waals surface area contributed by atoms with Gasteiger partial charge in [-0.05, 0) is 25.0 Å². The third-order valence-electron chi connectivity index (χ3n) is 5.66. The summed E-state index contributed by atoms with van der Waals surface area (Å²) in [4.78, 5) is 42.3. The van der Waals surface area contributed by atoms with E-state index in [1.165, 1.54) is 19.5 Å². The normalized spacial score (nSPS) is 16.3. The number of ether oxygens (including phenoxy) is 1. The van der Waals surface area contributed by atoms with Crippen LogP contribution in [0.4, 0.5) is 4.39 Å². The quantitative estimate of drug-likeness (QED) is 0.506. The minimum atomic E-state index is -0.543. The zero-order valence-electron chi connectivity index (χ0n) is 16.7. The number of nitrogens with zero attached hydrogens (tertiary/aromatic N) is 5. The monoisotopic (exact) mass is 422 g/mol. The van der Waals surface area contributed by atoms with Gasteiger partial charge in [0, 0.05) is 35.3 Å². The number of aromatic amines is 1. The SMILES string of the molecule is COC(=O)[C@H]1CCCN1C(=O)Cn1ccc2c(-c3c[nH]c4ncc(F)cc34)ncnc21. The van der Waals surface area contributed by atoms with E-state index in [0.29, 0.717) is 40.9 Å². The number of nitrogens with one attached hydrogen (secondary N) is 1. The number of amides is 1. The largest absolute Gasteiger partial charge is 0.467 e. The first kappa shape index (κ1) is 19.2. The van der Waals surface area contributed by atoms with Crippen LogP contribution in [0.2, 0.25) is 0 Å². The van der Waals surface area contributed by atoms with Gasteiger partial charge in [-0.15, -0.1) is 0 Å². The molecule has 5 rings (SSSR count). The maximum atomic E-state index is 13.7. The summed E-state index contributed by atoms with van der Waals surface area (Å²) < 4.78 is 20.3. The van der Waals surface area contributed by atoms with Gasteiger partial charge >= 0.3 is 5.97 Å². The van der Waals surface area contributed by atoms with Crippen molar-refractivity contribution in [3.05, 3.63) is 42.9 Å². The summed E-state index contributed by atoms with van der Waals surface area (Å²) in [5.74, 6) is -1.01. The fraction of sp³-hybridized carbons (Fsp3) is 0.286. The summed E-state index contributed by atoms with van der Waals surface area (Å²) >= 11 is 0. The van der Waals surface area contributed by atoms with Crippen molar-refractivity contribution >= 4 is 33.9 Å². The summed E-state index contributed by atoms with van der Waals surface area (Å²) in [6.45, 7) is 0.559. The van der Waals surface area contributed by atoms with E-state index in [2.05, 4.69) is 19.9 Å². The number of methoxy groups -OCH3 is 1. The van der Waals surface area contributed by atoms with Crippen LogP contribution >= 0.6 is 0 Å². The topological polar surface area (TPSA) is 106 Å². The van der Waals surface area contributed by atoms with Crippen LogP contribution in [0.25, 0.3) is 33.3 Å². The molecule has 1 saturated heterocycles. The first-order valence-electron chi connectivity index (χ1n) is 9.87. The number of aromatic nitrogens is 5. The zero-order chi connectivity index (χ0) is 21.5. The Hall–Kier alpha value is -3.82. The molecule has 1 amide bonds. The second-order valence-corrected chi connectivity index (χ2v) is 7.42. The van der Waals surface area contributed by atoms with E-state index >= 15 is 0 Å². The molecule has 5 heterocycles. The Balaban J connectivity index is 1.49. The Morgan fingerprint density at radius 1 is 1.29 bits per heavy atom. The van der Waals surface area contributed by atoms with Crippen molar-refractivity contribution in [1.29, 1.82) is 0 Å². The van der Waals surface area contributed by atoms with Gasteiger partial charge in [0.15, 0.2) is 0 Å². The van der Waals surface area contributed by atoms with Crippen molar-refractivity contribution in [2.45, 2.75) is 25.4 Å². The summed E-state index contributed by atoms with van der Waals surface area (Å²) in [5.41, 5.74) is 2.44. The van der Waals surface area contributed by atoms with Gasteiger partial charge in [-0.1, -0.05) is 0 Å². The lowest BCUT2D eigenvalue weighted by Gasteiger charge is -2.23. The van der Waals surface area contributed by atoms with Crippen LogP contribution in [0.3, 0.4) is 0 Å². The Morgan fingerprint density at radius 3 is 3.00 bits per heavy atom. The predicted molar refractivity (Wildman–Crippen MR) is 109 cm³/mol. The highest BCUT2D eigenvalue weighted by atomic mass is 19.1. The van der Waals surface area contributed by atoms with Gasteiger partial charge in [-0.3, -0.25) is 4.79 Å². The molecule has 0 unspecified atom stereocenters. The number of H-pyrrole nitrogens is 1. The number of rotatable bonds is 4. The Morgan fingerprint density at radius 2 is 2.16 bits per heavy atom. The summed E-state index contributed by atoms with van der Waals surface area (Å²) in [6, 6.07) is 2.69. The highest BCUT2D eigenvalue weighted by Gasteiger charge is 2.34. The van der Waals surface area contributed by atoms with Crippen LogP contribution in [0.15, 0.2) is 37.1 Å². The van der Waals surface area contributed by atoms with Gasteiger partial charge in [-0.2, -0.15) is 0 Å². The third kappa shape index (κ3) is 3.20. The lowest BCUT2D eigenvalue weighted by Crippen LogP contribution is -2.42. The Bertz CT molecular complexity index is 1310. The Kier molecular flexibility index (Phi) is 4.61. The first-order chi connectivity index (χ1) is 15.1. The van der Waals surface area contributed by atoms with Crippen LogP contribution in [0.5, 0.6) is 0 Å². The predicted octanol–water partition coefficient (Wildman–Crippen LogP) is 2.28. The molecule has 0 spiro atoms. The summed E-state index contributed by atoms with van der Waals surface area (Å²) in [6.07, 6.45) is 7.42. The van der Waals surface area contributed by atoms with E-state index in [0.717, 1.165) is 18.0 Å². The van der Waals surface area contributed by atoms with Crippen molar-refractivity contribution < 1.29 is 18.7 Å². The molecule has 10 heteroatoms. The second kappa shape index (κ2) is 7.46. The molecule has 31 heavy (non-hydrogen) atoms. The average molecular weight is 422 g/mol. The van der Waals surface area contributed by atoms with Crippen LogP contribution in [-0.4, -0.2) is 61.0 Å². The van der Waals surface area contributed by atoms with Gasteiger partial charge in [0.25, 0.3) is 0 Å². The van der Waals surface area contributed by atoms with Crippen molar-refractivity contribution in [1.82, 2.24) is 29.4 Å². The molecule has 0 saturated carbocycles. The molecular weight excluding hydrogens is 403 g/mol. The lowest BCUT2D eigenvalue weighted by molar-refractivity contribution is -0.151. The van der Waals surface area contributed by atoms with E-state index in [-0.39, 0.29) is 12.5 Å². The van der Waals surface area contributed by atoms with Gasteiger partial charge in [0.1, 0.15) is 36.0 Å². The summed E-state index contributed by atoms with van der Waals surface area (Å²) in [5, 5.41) is 1.34. The zero-order valence-corrected chi connectivity index (χ0v) is 16.7. The van der Waals surface area contributed by atoms with Crippen molar-refractivity contribution in [2.75, 3.05) is 13.7 Å². The maximum Gasteiger partial charge on any atom is 0.328 e. The van der Waals surface area contributed by atoms with Gasteiger partial charge < -0.3 is 19.2 Å². The third-order valence-corrected chi connectivity index (χ3v) is 5.66. The van der Waals surface area contributed by atoms with Crippen LogP contribution < -0.4 is 0 Å². The number of fused-ring (bicyclic) bond motifs is 2. The highest BCUT2D eigenvalue weighted by molar-refractivity contribution is 6.01. The molecule has 1 aliphatic heterocycles. The number of hydrogen-bond donors (Lipinski definition) is 1. The molecule has 4 aromatic rings. The van der Waals surface area contributed by atoms with E-state index < -0.39 is 17.8 Å². The lowest BCUT2D eigenvalue weighted by atomic mass is 10.1. The molecule has 1 N–H and O–H groups in total. The molecule has 0 aliphatic carbocycles. The van der Waals surface area contributed by atoms with Gasteiger partial charge in [0.2, 0.25) is 5.91 Å². The average Bonchev–Trinajstić information content (AvgIpc) is 3.51. The standard InChI is InChI=1S/C21H19FN6O3/c1-31-21(30)16-3-2-5-28(16)17(29)10-27-6-4-13-18(25-11-26-20(13)27)15-9-24-19-14(15)7-12(22)8-23-19/h4,6-9,11,16H,2-3,5,10H2,1H3,(H,23,24)/t16-/m1/s1. The number of esters is 1. The van der Waals surface area contributed by atoms with Crippen molar-refractivity contribution in [2.24, 2.45) is 0 Å². The molecule has 158 valence electrons. The molecule has 1 fully saturated rings. The van der Waals surface area contributed by atoms with Gasteiger partial charge in [0.05, 0.1) is 19.0 Å². The van der Waals surface area contributed by atoms with Crippen LogP contribution in [-0.2, 0) is 20.9 Å². The van der Waals surface area contributed by atoms with Crippen LogP contribution in [0.1, 0.15) is 12.8 Å². The number of halogens is 1. The van der Waals surface area contributed by atoms with Crippen molar-refractivity contribution in [3.63, 3.8) is 0 Å². The molecule has 0 bridgehead atoms. The minimum Gasteiger partial charge on any atom is -0.467 e. The van der Waals surface area contributed by atoms with E-state index in [1.807, 2.05) is 6.07 Å². The highest BCUT2D eigenvalue weighted by Crippen LogP contribution is 2.31. The summed E-state index contributed by atoms with van der Waals surface area (Å²) in [7, 11) is 1.33. The second-order valence-electron chi connectivity index (χ2n) is 7.42. The molecule has 9 nitrogen and oxygen atoms in total. The maximum absolute atomic E-state index is 13.7. The number of hydrogen-bond acceptors (Lipinski definition) is 6. The van der Waals surface area contributed by atoms with Gasteiger partial charge in [-0.25, -0.2) is 24.1 Å². The number of carbonyl (C=O) groups is 2. The first-order valence-corrected chi connectivity index (χ1v) is 9.87. The smallest absolute Gasteiger partial charge is 0.328 e. The number of likely N-dealkylation sites (tertiary alicyclic amines) is 1. The van der Waals surface area contributed by atoms with E-state index in [9.17, 15) is 14.0 Å². The van der Waals surface area contributed by atoms with Crippen molar-refractivity contribution in [3.8, 4) is 11.3 Å². The molecular formula is C21H19FN6O3. The van der Waals surface area contributed by atoms with E-state index in [4.69, 9.17) is 4.74 Å². The molecule has 0 aromatic carbocycles. The van der Waals surface area contributed by atoms with E-state index in [1.54, 1.807) is 21.9 Å². The number of carbonyl (C=O) groups excluding carboxylic acids is 2. The van der Waals surface area contributed by atoms with Crippen LogP contribution in [0, 0.1) is 5.82 Å². The molecule has 0 radical (unpaired) electrons. The molecule has 4 aromatic heterocycles. The molecule has 1 atom stereocenters. The number of pyridine rings is 1. The Labute approximate surface area is 175 Å².